The van der Waals surface area contributed by atoms with Gasteiger partial charge in [-0.15, -0.1) is 0 Å². The van der Waals surface area contributed by atoms with Crippen molar-refractivity contribution in [3.8, 4) is 12.0 Å². The first-order chi connectivity index (χ1) is 14.5. The Kier molecular flexibility index (Phi) is 5.92. The first kappa shape index (κ1) is 22.1. The number of alkyl halides is 3. The van der Waals surface area contributed by atoms with Crippen LogP contribution in [0.1, 0.15) is 21.7 Å². The molecule has 12 heteroatoms. The van der Waals surface area contributed by atoms with E-state index in [1.807, 2.05) is 6.07 Å². The highest BCUT2D eigenvalue weighted by Gasteiger charge is 2.30. The van der Waals surface area contributed by atoms with Crippen LogP contribution in [0.15, 0.2) is 58.1 Å². The Morgan fingerprint density at radius 1 is 1.19 bits per heavy atom. The van der Waals surface area contributed by atoms with Gasteiger partial charge >= 0.3 is 6.18 Å². The predicted octanol–water partition coefficient (Wildman–Crippen LogP) is 3.34. The molecule has 31 heavy (non-hydrogen) atoms. The third-order valence-corrected chi connectivity index (χ3v) is 5.55. The lowest BCUT2D eigenvalue weighted by Crippen LogP contribution is -2.33. The second-order valence-corrected chi connectivity index (χ2v) is 8.10. The molecule has 0 aliphatic heterocycles. The molecule has 1 amide bonds. The zero-order valence-corrected chi connectivity index (χ0v) is 16.7. The van der Waals surface area contributed by atoms with Crippen LogP contribution in [0.25, 0.3) is 5.88 Å². The fraction of sp³-hybridized carbons (Fsp3) is 0.158. The summed E-state index contributed by atoms with van der Waals surface area (Å²) in [6.45, 7) is -0.182. The third-order valence-electron chi connectivity index (χ3n) is 4.13. The Labute approximate surface area is 174 Å². The third kappa shape index (κ3) is 4.96. The molecule has 2 aromatic heterocycles. The number of nitrogens with zero attached hydrogens (tertiary/aromatic N) is 2. The molecule has 2 N–H and O–H groups in total. The lowest BCUT2D eigenvalue weighted by Gasteiger charge is -2.10. The maximum Gasteiger partial charge on any atom is 0.402 e. The number of rotatable bonds is 6. The van der Waals surface area contributed by atoms with Crippen LogP contribution in [0.4, 0.5) is 18.9 Å². The van der Waals surface area contributed by atoms with Gasteiger partial charge in [-0.1, -0.05) is 0 Å². The summed E-state index contributed by atoms with van der Waals surface area (Å²) in [7, 11) is -4.37. The summed E-state index contributed by atoms with van der Waals surface area (Å²) in [6, 6.07) is 9.91. The van der Waals surface area contributed by atoms with Crippen LogP contribution >= 0.6 is 0 Å². The van der Waals surface area contributed by atoms with Crippen molar-refractivity contribution in [3.63, 3.8) is 0 Å². The summed E-state index contributed by atoms with van der Waals surface area (Å²) < 4.78 is 69.2. The van der Waals surface area contributed by atoms with E-state index in [9.17, 15) is 31.6 Å². The lowest BCUT2D eigenvalue weighted by atomic mass is 10.1. The van der Waals surface area contributed by atoms with E-state index >= 15 is 0 Å². The number of nitrogens with one attached hydrogen (secondary N) is 2. The normalized spacial score (nSPS) is 11.8. The number of furan rings is 1. The standard InChI is InChI=1S/C19H15F3N4O4S/c1-12-16(15(10-23)18(30-12)26-8-2-3-9-26)17(27)25-13-4-6-14(7-5-13)31(28,29)24-11-19(20,21)22/h2-9,24H,11H2,1H3,(H,25,27). The van der Waals surface area contributed by atoms with Crippen LogP contribution < -0.4 is 10.0 Å². The number of carbonyl (C=O) groups excluding carboxylic acids is 1. The van der Waals surface area contributed by atoms with Crippen LogP contribution in [-0.4, -0.2) is 31.6 Å². The summed E-state index contributed by atoms with van der Waals surface area (Å²) in [5, 5.41) is 12.0. The molecule has 3 rings (SSSR count). The van der Waals surface area contributed by atoms with Crippen molar-refractivity contribution in [3.05, 3.63) is 65.7 Å². The number of aromatic nitrogens is 1. The predicted molar refractivity (Wildman–Crippen MR) is 103 cm³/mol. The molecule has 0 aliphatic rings. The number of hydrogen-bond donors (Lipinski definition) is 2. The molecule has 0 unspecified atom stereocenters. The number of aryl methyl sites for hydroxylation is 1. The van der Waals surface area contributed by atoms with Crippen molar-refractivity contribution in [2.45, 2.75) is 18.0 Å². The van der Waals surface area contributed by atoms with Crippen molar-refractivity contribution in [2.24, 2.45) is 0 Å². The molecule has 0 saturated carbocycles. The van der Waals surface area contributed by atoms with Crippen molar-refractivity contribution in [1.29, 1.82) is 5.26 Å². The van der Waals surface area contributed by atoms with Crippen LogP contribution in [0.3, 0.4) is 0 Å². The highest BCUT2D eigenvalue weighted by Crippen LogP contribution is 2.26. The molecule has 1 aromatic carbocycles. The Morgan fingerprint density at radius 2 is 1.81 bits per heavy atom. The average molecular weight is 452 g/mol. The largest absolute Gasteiger partial charge is 0.443 e. The summed E-state index contributed by atoms with van der Waals surface area (Å²) >= 11 is 0. The number of benzene rings is 1. The van der Waals surface area contributed by atoms with Crippen molar-refractivity contribution < 1.29 is 30.8 Å². The monoisotopic (exact) mass is 452 g/mol. The van der Waals surface area contributed by atoms with Crippen LogP contribution in [0.5, 0.6) is 0 Å². The van der Waals surface area contributed by atoms with Crippen LogP contribution in [0, 0.1) is 18.3 Å². The Balaban J connectivity index is 1.80. The lowest BCUT2D eigenvalue weighted by molar-refractivity contribution is -0.121. The summed E-state index contributed by atoms with van der Waals surface area (Å²) in [5.41, 5.74) is 0.197. The van der Waals surface area contributed by atoms with E-state index in [2.05, 4.69) is 5.32 Å². The van der Waals surface area contributed by atoms with Gasteiger partial charge in [-0.3, -0.25) is 9.36 Å². The highest BCUT2D eigenvalue weighted by molar-refractivity contribution is 7.89. The molecule has 0 spiro atoms. The topological polar surface area (TPSA) is 117 Å². The quantitative estimate of drug-likeness (QED) is 0.595. The van der Waals surface area contributed by atoms with Gasteiger partial charge in [-0.2, -0.15) is 18.4 Å². The van der Waals surface area contributed by atoms with Crippen LogP contribution in [-0.2, 0) is 10.0 Å². The van der Waals surface area contributed by atoms with Gasteiger partial charge in [0, 0.05) is 18.1 Å². The van der Waals surface area contributed by atoms with Gasteiger partial charge in [0.15, 0.2) is 0 Å². The summed E-state index contributed by atoms with van der Waals surface area (Å²) in [4.78, 5) is 12.3. The number of anilines is 1. The smallest absolute Gasteiger partial charge is 0.402 e. The minimum atomic E-state index is -4.69. The van der Waals surface area contributed by atoms with E-state index in [4.69, 9.17) is 4.42 Å². The van der Waals surface area contributed by atoms with Crippen molar-refractivity contribution >= 4 is 21.6 Å². The molecule has 0 radical (unpaired) electrons. The molecule has 0 saturated heterocycles. The summed E-state index contributed by atoms with van der Waals surface area (Å²) in [5.74, 6) is -0.289. The number of hydrogen-bond acceptors (Lipinski definition) is 5. The molecule has 0 atom stereocenters. The Bertz CT molecular complexity index is 1240. The Hall–Kier alpha value is -3.56. The van der Waals surface area contributed by atoms with Gasteiger partial charge in [-0.25, -0.2) is 13.1 Å². The van der Waals surface area contributed by atoms with E-state index in [1.165, 1.54) is 28.3 Å². The molecule has 2 heterocycles. The molecule has 0 bridgehead atoms. The summed E-state index contributed by atoms with van der Waals surface area (Å²) in [6.07, 6.45) is -1.40. The molecule has 3 aromatic rings. The molecular formula is C19H15F3N4O4S. The maximum atomic E-state index is 12.7. The van der Waals surface area contributed by atoms with Gasteiger partial charge in [-0.05, 0) is 43.3 Å². The van der Waals surface area contributed by atoms with E-state index < -0.39 is 33.5 Å². The van der Waals surface area contributed by atoms with E-state index in [0.717, 1.165) is 12.1 Å². The van der Waals surface area contributed by atoms with Gasteiger partial charge in [0.25, 0.3) is 5.91 Å². The second kappa shape index (κ2) is 8.29. The number of nitriles is 1. The maximum absolute atomic E-state index is 12.7. The zero-order chi connectivity index (χ0) is 22.8. The first-order valence-electron chi connectivity index (χ1n) is 8.66. The molecule has 162 valence electrons. The second-order valence-electron chi connectivity index (χ2n) is 6.33. The van der Waals surface area contributed by atoms with Gasteiger partial charge in [0.2, 0.25) is 15.9 Å². The fourth-order valence-corrected chi connectivity index (χ4v) is 3.74. The van der Waals surface area contributed by atoms with Gasteiger partial charge < -0.3 is 9.73 Å². The van der Waals surface area contributed by atoms with E-state index in [0.29, 0.717) is 0 Å². The number of halogens is 3. The fourth-order valence-electron chi connectivity index (χ4n) is 2.73. The van der Waals surface area contributed by atoms with Crippen molar-refractivity contribution in [2.75, 3.05) is 11.9 Å². The van der Waals surface area contributed by atoms with E-state index in [1.54, 1.807) is 24.5 Å². The average Bonchev–Trinajstić information content (AvgIpc) is 3.33. The molecule has 0 aliphatic carbocycles. The number of amides is 1. The molecule has 0 fully saturated rings. The highest BCUT2D eigenvalue weighted by atomic mass is 32.2. The Morgan fingerprint density at radius 3 is 2.35 bits per heavy atom. The van der Waals surface area contributed by atoms with Crippen molar-refractivity contribution in [1.82, 2.24) is 9.29 Å². The van der Waals surface area contributed by atoms with Gasteiger partial charge in [0.1, 0.15) is 29.5 Å². The number of carbonyl (C=O) groups is 1. The van der Waals surface area contributed by atoms with E-state index in [-0.39, 0.29) is 28.5 Å². The minimum Gasteiger partial charge on any atom is -0.443 e. The zero-order valence-electron chi connectivity index (χ0n) is 15.9. The molecular weight excluding hydrogens is 437 g/mol. The SMILES string of the molecule is Cc1oc(-n2cccc2)c(C#N)c1C(=O)Nc1ccc(S(=O)(=O)NCC(F)(F)F)cc1. The molecule has 8 nitrogen and oxygen atoms in total. The minimum absolute atomic E-state index is 0.00902. The van der Waals surface area contributed by atoms with Crippen LogP contribution in [0.2, 0.25) is 0 Å². The number of sulfonamides is 1. The van der Waals surface area contributed by atoms with Gasteiger partial charge in [0.05, 0.1) is 4.90 Å². The first-order valence-corrected chi connectivity index (χ1v) is 10.1.